The van der Waals surface area contributed by atoms with Gasteiger partial charge in [0.1, 0.15) is 5.82 Å². The molecule has 0 saturated carbocycles. The van der Waals surface area contributed by atoms with Crippen molar-refractivity contribution in [3.63, 3.8) is 0 Å². The molecule has 0 aliphatic carbocycles. The minimum Gasteiger partial charge on any atom is -0.322 e. The van der Waals surface area contributed by atoms with E-state index < -0.39 is 5.82 Å². The lowest BCUT2D eigenvalue weighted by atomic mass is 10.1. The molecular formula is C16H10ClFN2O2. The molecule has 0 unspecified atom stereocenters. The Morgan fingerprint density at radius 2 is 1.82 bits per heavy atom. The second kappa shape index (κ2) is 5.61. The van der Waals surface area contributed by atoms with Crippen molar-refractivity contribution in [1.29, 1.82) is 0 Å². The molecule has 110 valence electrons. The number of fused-ring (bicyclic) bond motifs is 1. The first-order valence-electron chi connectivity index (χ1n) is 6.42. The highest BCUT2D eigenvalue weighted by Gasteiger charge is 2.09. The predicted octanol–water partition coefficient (Wildman–Crippen LogP) is 3.57. The molecule has 2 N–H and O–H groups in total. The lowest BCUT2D eigenvalue weighted by Crippen LogP contribution is -2.12. The number of H-pyrrole nitrogens is 1. The third kappa shape index (κ3) is 2.84. The molecule has 1 heterocycles. The smallest absolute Gasteiger partial charge is 0.255 e. The van der Waals surface area contributed by atoms with Crippen LogP contribution < -0.4 is 10.9 Å². The molecule has 0 atom stereocenters. The van der Waals surface area contributed by atoms with Gasteiger partial charge in [-0.3, -0.25) is 9.59 Å². The average molecular weight is 317 g/mol. The summed E-state index contributed by atoms with van der Waals surface area (Å²) in [6.07, 6.45) is 0. The Morgan fingerprint density at radius 1 is 1.09 bits per heavy atom. The highest BCUT2D eigenvalue weighted by Crippen LogP contribution is 2.21. The molecule has 4 nitrogen and oxygen atoms in total. The Kier molecular flexibility index (Phi) is 3.65. The number of hydrogen-bond acceptors (Lipinski definition) is 2. The maximum atomic E-state index is 14.0. The predicted molar refractivity (Wildman–Crippen MR) is 83.9 cm³/mol. The molecule has 0 saturated heterocycles. The van der Waals surface area contributed by atoms with Crippen LogP contribution in [0.3, 0.4) is 0 Å². The highest BCUT2D eigenvalue weighted by atomic mass is 35.5. The largest absolute Gasteiger partial charge is 0.322 e. The standard InChI is InChI=1S/C16H10ClFN2O2/c17-11-4-1-9(2-5-11)16(22)19-12-7-10-3-6-14(21)20-15(10)13(18)8-12/h1-8H,(H,19,22)(H,20,21). The van der Waals surface area contributed by atoms with Gasteiger partial charge in [0.2, 0.25) is 5.56 Å². The van der Waals surface area contributed by atoms with Gasteiger partial charge in [-0.15, -0.1) is 0 Å². The molecule has 6 heteroatoms. The lowest BCUT2D eigenvalue weighted by Gasteiger charge is -2.07. The van der Waals surface area contributed by atoms with Gasteiger partial charge in [0.05, 0.1) is 5.52 Å². The van der Waals surface area contributed by atoms with Crippen LogP contribution in [0.5, 0.6) is 0 Å². The van der Waals surface area contributed by atoms with Crippen LogP contribution in [0.1, 0.15) is 10.4 Å². The van der Waals surface area contributed by atoms with E-state index in [0.29, 0.717) is 21.7 Å². The van der Waals surface area contributed by atoms with E-state index in [-0.39, 0.29) is 17.0 Å². The van der Waals surface area contributed by atoms with E-state index in [4.69, 9.17) is 11.6 Å². The molecule has 22 heavy (non-hydrogen) atoms. The lowest BCUT2D eigenvalue weighted by molar-refractivity contribution is 0.102. The number of halogens is 2. The Bertz CT molecular complexity index is 920. The van der Waals surface area contributed by atoms with E-state index in [9.17, 15) is 14.0 Å². The normalized spacial score (nSPS) is 10.6. The van der Waals surface area contributed by atoms with Crippen LogP contribution >= 0.6 is 11.6 Å². The maximum Gasteiger partial charge on any atom is 0.255 e. The van der Waals surface area contributed by atoms with Crippen LogP contribution in [-0.4, -0.2) is 10.9 Å². The van der Waals surface area contributed by atoms with Gasteiger partial charge in [0.25, 0.3) is 5.91 Å². The molecule has 1 aromatic heterocycles. The summed E-state index contributed by atoms with van der Waals surface area (Å²) in [6, 6.07) is 11.9. The Morgan fingerprint density at radius 3 is 2.55 bits per heavy atom. The number of aromatic nitrogens is 1. The van der Waals surface area contributed by atoms with Gasteiger partial charge in [0, 0.05) is 27.7 Å². The number of rotatable bonds is 2. The quantitative estimate of drug-likeness (QED) is 0.759. The van der Waals surface area contributed by atoms with Crippen molar-refractivity contribution in [2.45, 2.75) is 0 Å². The zero-order valence-electron chi connectivity index (χ0n) is 11.2. The summed E-state index contributed by atoms with van der Waals surface area (Å²) in [5.41, 5.74) is 0.435. The van der Waals surface area contributed by atoms with Crippen molar-refractivity contribution in [2.75, 3.05) is 5.32 Å². The molecule has 0 radical (unpaired) electrons. The van der Waals surface area contributed by atoms with Crippen LogP contribution in [0.25, 0.3) is 10.9 Å². The minimum absolute atomic E-state index is 0.108. The van der Waals surface area contributed by atoms with E-state index in [2.05, 4.69) is 10.3 Å². The number of pyridine rings is 1. The van der Waals surface area contributed by atoms with Crippen LogP contribution in [0.4, 0.5) is 10.1 Å². The molecule has 2 aromatic carbocycles. The molecule has 1 amide bonds. The molecule has 0 bridgehead atoms. The van der Waals surface area contributed by atoms with E-state index in [1.807, 2.05) is 0 Å². The Hall–Kier alpha value is -2.66. The summed E-state index contributed by atoms with van der Waals surface area (Å²) in [5.74, 6) is -0.985. The zero-order chi connectivity index (χ0) is 15.7. The number of amides is 1. The number of carbonyl (C=O) groups excluding carboxylic acids is 1. The van der Waals surface area contributed by atoms with E-state index >= 15 is 0 Å². The first-order valence-corrected chi connectivity index (χ1v) is 6.80. The SMILES string of the molecule is O=C(Nc1cc(F)c2[nH]c(=O)ccc2c1)c1ccc(Cl)cc1. The first-order chi connectivity index (χ1) is 10.5. The summed E-state index contributed by atoms with van der Waals surface area (Å²) in [4.78, 5) is 25.7. The third-order valence-corrected chi connectivity index (χ3v) is 3.40. The van der Waals surface area contributed by atoms with Gasteiger partial charge in [-0.05, 0) is 42.5 Å². The number of nitrogens with one attached hydrogen (secondary N) is 2. The summed E-state index contributed by atoms with van der Waals surface area (Å²) < 4.78 is 14.0. The Labute approximate surface area is 129 Å². The molecule has 0 fully saturated rings. The van der Waals surface area contributed by atoms with Gasteiger partial charge < -0.3 is 10.3 Å². The molecule has 0 aliphatic rings. The van der Waals surface area contributed by atoms with Crippen molar-refractivity contribution in [2.24, 2.45) is 0 Å². The van der Waals surface area contributed by atoms with Crippen LogP contribution in [0.2, 0.25) is 5.02 Å². The van der Waals surface area contributed by atoms with Crippen molar-refractivity contribution in [1.82, 2.24) is 4.98 Å². The van der Waals surface area contributed by atoms with Crippen molar-refractivity contribution >= 4 is 34.1 Å². The van der Waals surface area contributed by atoms with Crippen molar-refractivity contribution in [3.05, 3.63) is 75.3 Å². The number of carbonyl (C=O) groups is 1. The number of anilines is 1. The summed E-state index contributed by atoms with van der Waals surface area (Å²) in [5, 5.41) is 3.63. The van der Waals surface area contributed by atoms with Gasteiger partial charge in [-0.2, -0.15) is 0 Å². The number of benzene rings is 2. The monoisotopic (exact) mass is 316 g/mol. The fourth-order valence-electron chi connectivity index (χ4n) is 2.10. The maximum absolute atomic E-state index is 14.0. The summed E-state index contributed by atoms with van der Waals surface area (Å²) >= 11 is 5.77. The highest BCUT2D eigenvalue weighted by molar-refractivity contribution is 6.30. The van der Waals surface area contributed by atoms with Crippen LogP contribution in [-0.2, 0) is 0 Å². The van der Waals surface area contributed by atoms with Gasteiger partial charge in [-0.1, -0.05) is 11.6 Å². The summed E-state index contributed by atoms with van der Waals surface area (Å²) in [7, 11) is 0. The number of hydrogen-bond donors (Lipinski definition) is 2. The van der Waals surface area contributed by atoms with Crippen LogP contribution in [0.15, 0.2) is 53.3 Å². The van der Waals surface area contributed by atoms with Crippen molar-refractivity contribution < 1.29 is 9.18 Å². The second-order valence-electron chi connectivity index (χ2n) is 4.71. The Balaban J connectivity index is 1.94. The molecular weight excluding hydrogens is 307 g/mol. The second-order valence-corrected chi connectivity index (χ2v) is 5.14. The fraction of sp³-hybridized carbons (Fsp3) is 0. The average Bonchev–Trinajstić information content (AvgIpc) is 2.49. The summed E-state index contributed by atoms with van der Waals surface area (Å²) in [6.45, 7) is 0. The molecule has 3 rings (SSSR count). The van der Waals surface area contributed by atoms with E-state index in [0.717, 1.165) is 6.07 Å². The van der Waals surface area contributed by atoms with Gasteiger partial charge in [0.15, 0.2) is 0 Å². The van der Waals surface area contributed by atoms with Crippen LogP contribution in [0, 0.1) is 5.82 Å². The zero-order valence-corrected chi connectivity index (χ0v) is 11.9. The van der Waals surface area contributed by atoms with Gasteiger partial charge >= 0.3 is 0 Å². The van der Waals surface area contributed by atoms with E-state index in [1.54, 1.807) is 30.3 Å². The fourth-order valence-corrected chi connectivity index (χ4v) is 2.22. The minimum atomic E-state index is -0.610. The third-order valence-electron chi connectivity index (χ3n) is 3.15. The van der Waals surface area contributed by atoms with E-state index in [1.165, 1.54) is 12.1 Å². The molecule has 3 aromatic rings. The topological polar surface area (TPSA) is 62.0 Å². The number of aromatic amines is 1. The van der Waals surface area contributed by atoms with Crippen molar-refractivity contribution in [3.8, 4) is 0 Å². The first kappa shape index (κ1) is 14.3. The van der Waals surface area contributed by atoms with Gasteiger partial charge in [-0.25, -0.2) is 4.39 Å². The molecule has 0 aliphatic heterocycles. The molecule has 0 spiro atoms.